The minimum atomic E-state index is -0.801. The second-order valence-corrected chi connectivity index (χ2v) is 7.37. The molecule has 0 bridgehead atoms. The largest absolute Gasteiger partial charge is 0.507 e. The van der Waals surface area contributed by atoms with Gasteiger partial charge >= 0.3 is 5.97 Å². The Kier molecular flexibility index (Phi) is 7.58. The highest BCUT2D eigenvalue weighted by atomic mass is 19.1. The van der Waals surface area contributed by atoms with Crippen LogP contribution in [0.4, 0.5) is 4.39 Å². The summed E-state index contributed by atoms with van der Waals surface area (Å²) in [4.78, 5) is 10.7. The first-order chi connectivity index (χ1) is 13.3. The fraction of sp³-hybridized carbons (Fsp3) is 0.435. The van der Waals surface area contributed by atoms with Crippen LogP contribution in [0.15, 0.2) is 24.3 Å². The SMILES string of the molecule is Cc1c(C)c(CO)c(C)c([C@H](CCCCCC(=O)O)c2ccc(F)cc2)c1O. The smallest absolute Gasteiger partial charge is 0.303 e. The lowest BCUT2D eigenvalue weighted by Gasteiger charge is -2.25. The van der Waals surface area contributed by atoms with E-state index in [4.69, 9.17) is 5.11 Å². The Labute approximate surface area is 165 Å². The van der Waals surface area contributed by atoms with E-state index in [1.807, 2.05) is 20.8 Å². The Morgan fingerprint density at radius 3 is 2.21 bits per heavy atom. The highest BCUT2D eigenvalue weighted by Gasteiger charge is 2.24. The molecule has 4 nitrogen and oxygen atoms in total. The number of carboxylic acids is 1. The van der Waals surface area contributed by atoms with Crippen molar-refractivity contribution < 1.29 is 24.5 Å². The molecule has 2 aromatic carbocycles. The number of aliphatic carboxylic acids is 1. The Balaban J connectivity index is 2.43. The van der Waals surface area contributed by atoms with Gasteiger partial charge in [0.15, 0.2) is 0 Å². The zero-order valence-corrected chi connectivity index (χ0v) is 16.8. The van der Waals surface area contributed by atoms with Gasteiger partial charge in [0.2, 0.25) is 0 Å². The van der Waals surface area contributed by atoms with E-state index in [0.717, 1.165) is 46.2 Å². The highest BCUT2D eigenvalue weighted by molar-refractivity contribution is 5.66. The van der Waals surface area contributed by atoms with Gasteiger partial charge in [0.25, 0.3) is 0 Å². The third kappa shape index (κ3) is 4.90. The third-order valence-electron chi connectivity index (χ3n) is 5.64. The summed E-state index contributed by atoms with van der Waals surface area (Å²) in [6.07, 6.45) is 3.00. The third-order valence-corrected chi connectivity index (χ3v) is 5.64. The molecule has 2 rings (SSSR count). The molecule has 0 saturated carbocycles. The van der Waals surface area contributed by atoms with Crippen LogP contribution in [-0.4, -0.2) is 21.3 Å². The summed E-state index contributed by atoms with van der Waals surface area (Å²) in [5.74, 6) is -1.06. The predicted molar refractivity (Wildman–Crippen MR) is 107 cm³/mol. The molecule has 1 atom stereocenters. The van der Waals surface area contributed by atoms with Gasteiger partial charge < -0.3 is 15.3 Å². The second kappa shape index (κ2) is 9.69. The minimum absolute atomic E-state index is 0.111. The molecule has 0 aliphatic rings. The van der Waals surface area contributed by atoms with E-state index in [-0.39, 0.29) is 30.5 Å². The second-order valence-electron chi connectivity index (χ2n) is 7.37. The summed E-state index contributed by atoms with van der Waals surface area (Å²) in [6, 6.07) is 6.27. The van der Waals surface area contributed by atoms with Crippen molar-refractivity contribution in [2.24, 2.45) is 0 Å². The van der Waals surface area contributed by atoms with E-state index < -0.39 is 5.97 Å². The molecule has 0 spiro atoms. The van der Waals surface area contributed by atoms with Crippen LogP contribution in [0.25, 0.3) is 0 Å². The Hall–Kier alpha value is -2.40. The molecule has 0 radical (unpaired) electrons. The van der Waals surface area contributed by atoms with Gasteiger partial charge in [-0.2, -0.15) is 0 Å². The molecular weight excluding hydrogens is 359 g/mol. The molecule has 0 unspecified atom stereocenters. The number of benzene rings is 2. The van der Waals surface area contributed by atoms with Gasteiger partial charge in [-0.1, -0.05) is 25.0 Å². The molecule has 0 saturated heterocycles. The number of halogens is 1. The zero-order chi connectivity index (χ0) is 20.8. The van der Waals surface area contributed by atoms with Crippen molar-refractivity contribution in [2.45, 2.75) is 65.4 Å². The Bertz CT molecular complexity index is 828. The van der Waals surface area contributed by atoms with Gasteiger partial charge in [-0.3, -0.25) is 4.79 Å². The van der Waals surface area contributed by atoms with Crippen LogP contribution in [0.1, 0.15) is 71.4 Å². The maximum atomic E-state index is 13.4. The van der Waals surface area contributed by atoms with Gasteiger partial charge in [0.1, 0.15) is 11.6 Å². The van der Waals surface area contributed by atoms with Crippen molar-refractivity contribution in [1.82, 2.24) is 0 Å². The molecule has 0 amide bonds. The van der Waals surface area contributed by atoms with Crippen molar-refractivity contribution in [3.05, 3.63) is 63.5 Å². The summed E-state index contributed by atoms with van der Waals surface area (Å²) in [6.45, 7) is 5.51. The van der Waals surface area contributed by atoms with Crippen molar-refractivity contribution >= 4 is 5.97 Å². The molecule has 0 aliphatic heterocycles. The first-order valence-electron chi connectivity index (χ1n) is 9.67. The van der Waals surface area contributed by atoms with Crippen molar-refractivity contribution in [2.75, 3.05) is 0 Å². The van der Waals surface area contributed by atoms with Gasteiger partial charge in [0.05, 0.1) is 6.61 Å². The molecular formula is C23H29FO4. The Morgan fingerprint density at radius 1 is 1.00 bits per heavy atom. The van der Waals surface area contributed by atoms with E-state index in [0.29, 0.717) is 12.8 Å². The molecule has 0 aliphatic carbocycles. The number of phenolic OH excluding ortho intramolecular Hbond substituents is 1. The number of aromatic hydroxyl groups is 1. The molecule has 5 heteroatoms. The summed E-state index contributed by atoms with van der Waals surface area (Å²) < 4.78 is 13.4. The van der Waals surface area contributed by atoms with E-state index in [2.05, 4.69) is 0 Å². The fourth-order valence-electron chi connectivity index (χ4n) is 3.87. The van der Waals surface area contributed by atoms with Crippen LogP contribution in [-0.2, 0) is 11.4 Å². The maximum Gasteiger partial charge on any atom is 0.303 e. The topological polar surface area (TPSA) is 77.8 Å². The zero-order valence-electron chi connectivity index (χ0n) is 16.8. The molecule has 2 aromatic rings. The molecule has 0 heterocycles. The van der Waals surface area contributed by atoms with Gasteiger partial charge in [0, 0.05) is 17.9 Å². The first kappa shape index (κ1) is 21.9. The standard InChI is InChI=1S/C23H29FO4/c1-14-15(2)23(28)22(16(3)20(14)13-25)19(7-5-4-6-8-21(26)27)17-9-11-18(24)12-10-17/h9-12,19,25,28H,4-8,13H2,1-3H3,(H,26,27)/t19-/m1/s1. The number of hydrogen-bond donors (Lipinski definition) is 3. The van der Waals surface area contributed by atoms with Crippen molar-refractivity contribution in [3.63, 3.8) is 0 Å². The van der Waals surface area contributed by atoms with Gasteiger partial charge in [-0.25, -0.2) is 4.39 Å². The van der Waals surface area contributed by atoms with E-state index >= 15 is 0 Å². The molecule has 28 heavy (non-hydrogen) atoms. The summed E-state index contributed by atoms with van der Waals surface area (Å²) in [5, 5.41) is 29.5. The minimum Gasteiger partial charge on any atom is -0.507 e. The van der Waals surface area contributed by atoms with E-state index in [1.165, 1.54) is 12.1 Å². The number of aliphatic hydroxyl groups is 1. The van der Waals surface area contributed by atoms with E-state index in [9.17, 15) is 19.4 Å². The van der Waals surface area contributed by atoms with E-state index in [1.54, 1.807) is 12.1 Å². The predicted octanol–water partition coefficient (Wildman–Crippen LogP) is 5.12. The lowest BCUT2D eigenvalue weighted by molar-refractivity contribution is -0.137. The fourth-order valence-corrected chi connectivity index (χ4v) is 3.87. The number of unbranched alkanes of at least 4 members (excludes halogenated alkanes) is 2. The average molecular weight is 388 g/mol. The first-order valence-corrected chi connectivity index (χ1v) is 9.67. The molecule has 0 fully saturated rings. The van der Waals surface area contributed by atoms with Crippen molar-refractivity contribution in [3.8, 4) is 5.75 Å². The van der Waals surface area contributed by atoms with Crippen molar-refractivity contribution in [1.29, 1.82) is 0 Å². The van der Waals surface area contributed by atoms with Crippen LogP contribution >= 0.6 is 0 Å². The lowest BCUT2D eigenvalue weighted by atomic mass is 9.80. The molecule has 3 N–H and O–H groups in total. The number of carboxylic acid groups (broad SMARTS) is 1. The van der Waals surface area contributed by atoms with Crippen LogP contribution in [0.2, 0.25) is 0 Å². The molecule has 0 aromatic heterocycles. The average Bonchev–Trinajstić information content (AvgIpc) is 2.65. The number of carbonyl (C=O) groups is 1. The number of aliphatic hydroxyl groups excluding tert-OH is 1. The van der Waals surface area contributed by atoms with Crippen LogP contribution < -0.4 is 0 Å². The summed E-state index contributed by atoms with van der Waals surface area (Å²) in [7, 11) is 0. The number of phenols is 1. The normalized spacial score (nSPS) is 12.2. The summed E-state index contributed by atoms with van der Waals surface area (Å²) in [5.41, 5.74) is 4.93. The monoisotopic (exact) mass is 388 g/mol. The van der Waals surface area contributed by atoms with Crippen LogP contribution in [0, 0.1) is 26.6 Å². The van der Waals surface area contributed by atoms with Gasteiger partial charge in [-0.15, -0.1) is 0 Å². The van der Waals surface area contributed by atoms with Crippen LogP contribution in [0.5, 0.6) is 5.75 Å². The lowest BCUT2D eigenvalue weighted by Crippen LogP contribution is -2.09. The molecule has 152 valence electrons. The number of hydrogen-bond acceptors (Lipinski definition) is 3. The van der Waals surface area contributed by atoms with Gasteiger partial charge in [-0.05, 0) is 73.6 Å². The highest BCUT2D eigenvalue weighted by Crippen LogP contribution is 2.42. The maximum absolute atomic E-state index is 13.4. The van der Waals surface area contributed by atoms with Crippen LogP contribution in [0.3, 0.4) is 0 Å². The Morgan fingerprint density at radius 2 is 1.64 bits per heavy atom. The summed E-state index contributed by atoms with van der Waals surface area (Å²) >= 11 is 0. The number of rotatable bonds is 9. The quantitative estimate of drug-likeness (QED) is 0.521.